The summed E-state index contributed by atoms with van der Waals surface area (Å²) in [6.07, 6.45) is 2.12. The number of hydrogen-bond acceptors (Lipinski definition) is 4. The van der Waals surface area contributed by atoms with Crippen molar-refractivity contribution < 1.29 is 9.47 Å². The molecule has 1 atom stereocenters. The van der Waals surface area contributed by atoms with E-state index in [1.807, 2.05) is 18.2 Å². The fraction of sp³-hybridized carbons (Fsp3) is 0.571. The molecule has 1 N–H and O–H groups in total. The standard InChI is InChI=1S/C14H23NO2S/c1-5-8-18-15-11(2)9-12-10-13(16-3)6-7-14(12)17-4/h6-7,10-11,15H,5,8-9H2,1-4H3. The lowest BCUT2D eigenvalue weighted by molar-refractivity contribution is 0.397. The molecular weight excluding hydrogens is 246 g/mol. The molecule has 0 heterocycles. The maximum Gasteiger partial charge on any atom is 0.122 e. The summed E-state index contributed by atoms with van der Waals surface area (Å²) >= 11 is 1.78. The first-order chi connectivity index (χ1) is 8.71. The quantitative estimate of drug-likeness (QED) is 0.579. The van der Waals surface area contributed by atoms with Crippen LogP contribution >= 0.6 is 11.9 Å². The zero-order valence-corrected chi connectivity index (χ0v) is 12.5. The fourth-order valence-electron chi connectivity index (χ4n) is 1.72. The van der Waals surface area contributed by atoms with Crippen LogP contribution in [0.3, 0.4) is 0 Å². The summed E-state index contributed by atoms with van der Waals surface area (Å²) in [5, 5.41) is 0. The van der Waals surface area contributed by atoms with Crippen molar-refractivity contribution in [3.05, 3.63) is 23.8 Å². The molecule has 1 aromatic rings. The van der Waals surface area contributed by atoms with E-state index in [1.165, 1.54) is 12.0 Å². The Labute approximate surface area is 114 Å². The van der Waals surface area contributed by atoms with Crippen molar-refractivity contribution >= 4 is 11.9 Å². The highest BCUT2D eigenvalue weighted by Crippen LogP contribution is 2.25. The molecule has 1 unspecified atom stereocenters. The van der Waals surface area contributed by atoms with Crippen LogP contribution in [0.2, 0.25) is 0 Å². The Morgan fingerprint density at radius 3 is 2.67 bits per heavy atom. The van der Waals surface area contributed by atoms with Crippen LogP contribution in [-0.2, 0) is 6.42 Å². The first-order valence-corrected chi connectivity index (χ1v) is 7.28. The highest BCUT2D eigenvalue weighted by molar-refractivity contribution is 7.97. The molecule has 0 amide bonds. The van der Waals surface area contributed by atoms with Gasteiger partial charge in [-0.05, 0) is 43.5 Å². The first kappa shape index (κ1) is 15.2. The Bertz CT molecular complexity index is 358. The Morgan fingerprint density at radius 1 is 1.28 bits per heavy atom. The summed E-state index contributed by atoms with van der Waals surface area (Å²) in [4.78, 5) is 0. The molecule has 0 aliphatic rings. The van der Waals surface area contributed by atoms with Crippen molar-refractivity contribution in [3.63, 3.8) is 0 Å². The molecule has 1 aromatic carbocycles. The van der Waals surface area contributed by atoms with Gasteiger partial charge in [0.1, 0.15) is 11.5 Å². The molecule has 0 saturated heterocycles. The van der Waals surface area contributed by atoms with Gasteiger partial charge in [-0.1, -0.05) is 18.9 Å². The third-order valence-corrected chi connectivity index (χ3v) is 3.79. The van der Waals surface area contributed by atoms with Gasteiger partial charge in [-0.2, -0.15) is 0 Å². The zero-order valence-electron chi connectivity index (χ0n) is 11.7. The molecule has 18 heavy (non-hydrogen) atoms. The SMILES string of the molecule is CCCSNC(C)Cc1cc(OC)ccc1OC. The summed E-state index contributed by atoms with van der Waals surface area (Å²) in [6, 6.07) is 6.33. The van der Waals surface area contributed by atoms with Crippen molar-refractivity contribution in [2.24, 2.45) is 0 Å². The van der Waals surface area contributed by atoms with Gasteiger partial charge in [-0.25, -0.2) is 0 Å². The van der Waals surface area contributed by atoms with E-state index in [4.69, 9.17) is 9.47 Å². The number of methoxy groups -OCH3 is 2. The van der Waals surface area contributed by atoms with Crippen molar-refractivity contribution in [2.75, 3.05) is 20.0 Å². The molecule has 3 nitrogen and oxygen atoms in total. The van der Waals surface area contributed by atoms with Gasteiger partial charge < -0.3 is 9.47 Å². The highest BCUT2D eigenvalue weighted by Gasteiger charge is 2.09. The molecule has 0 saturated carbocycles. The maximum atomic E-state index is 5.38. The average Bonchev–Trinajstić information content (AvgIpc) is 2.39. The fourth-order valence-corrected chi connectivity index (χ4v) is 2.41. The summed E-state index contributed by atoms with van der Waals surface area (Å²) in [6.45, 7) is 4.37. The van der Waals surface area contributed by atoms with Gasteiger partial charge in [0.05, 0.1) is 14.2 Å². The molecule has 0 aliphatic heterocycles. The molecule has 102 valence electrons. The minimum Gasteiger partial charge on any atom is -0.497 e. The van der Waals surface area contributed by atoms with E-state index in [0.29, 0.717) is 6.04 Å². The summed E-state index contributed by atoms with van der Waals surface area (Å²) in [5.41, 5.74) is 1.17. The number of nitrogens with one attached hydrogen (secondary N) is 1. The van der Waals surface area contributed by atoms with Crippen molar-refractivity contribution in [1.29, 1.82) is 0 Å². The number of ether oxygens (including phenoxy) is 2. The molecule has 4 heteroatoms. The summed E-state index contributed by atoms with van der Waals surface area (Å²) in [5.74, 6) is 2.93. The average molecular weight is 269 g/mol. The largest absolute Gasteiger partial charge is 0.497 e. The molecule has 0 bridgehead atoms. The Kier molecular flexibility index (Phi) is 6.98. The second-order valence-corrected chi connectivity index (χ2v) is 5.18. The Balaban J connectivity index is 2.63. The highest BCUT2D eigenvalue weighted by atomic mass is 32.2. The van der Waals surface area contributed by atoms with Crippen LogP contribution in [0, 0.1) is 0 Å². The zero-order chi connectivity index (χ0) is 13.4. The molecule has 0 spiro atoms. The van der Waals surface area contributed by atoms with Crippen molar-refractivity contribution in [2.45, 2.75) is 32.7 Å². The molecule has 0 aliphatic carbocycles. The Morgan fingerprint density at radius 2 is 2.06 bits per heavy atom. The minimum absolute atomic E-state index is 0.405. The van der Waals surface area contributed by atoms with Crippen LogP contribution in [0.4, 0.5) is 0 Å². The van der Waals surface area contributed by atoms with E-state index >= 15 is 0 Å². The van der Waals surface area contributed by atoms with E-state index < -0.39 is 0 Å². The lowest BCUT2D eigenvalue weighted by Crippen LogP contribution is -2.22. The van der Waals surface area contributed by atoms with Crippen LogP contribution in [0.5, 0.6) is 11.5 Å². The van der Waals surface area contributed by atoms with Gasteiger partial charge in [-0.15, -0.1) is 0 Å². The lowest BCUT2D eigenvalue weighted by atomic mass is 10.1. The molecular formula is C14H23NO2S. The molecule has 0 fully saturated rings. The lowest BCUT2D eigenvalue weighted by Gasteiger charge is -2.16. The van der Waals surface area contributed by atoms with E-state index in [1.54, 1.807) is 26.2 Å². The second kappa shape index (κ2) is 8.27. The summed E-state index contributed by atoms with van der Waals surface area (Å²) in [7, 11) is 3.39. The van der Waals surface area contributed by atoms with Gasteiger partial charge in [0, 0.05) is 11.8 Å². The molecule has 0 aromatic heterocycles. The topological polar surface area (TPSA) is 30.5 Å². The van der Waals surface area contributed by atoms with Crippen LogP contribution in [0.1, 0.15) is 25.8 Å². The van der Waals surface area contributed by atoms with E-state index in [-0.39, 0.29) is 0 Å². The second-order valence-electron chi connectivity index (χ2n) is 4.25. The van der Waals surface area contributed by atoms with Gasteiger partial charge in [0.15, 0.2) is 0 Å². The van der Waals surface area contributed by atoms with Gasteiger partial charge in [0.2, 0.25) is 0 Å². The maximum absolute atomic E-state index is 5.38. The number of benzene rings is 1. The molecule has 1 rings (SSSR count). The predicted molar refractivity (Wildman–Crippen MR) is 78.6 cm³/mol. The van der Waals surface area contributed by atoms with Crippen LogP contribution in [0.25, 0.3) is 0 Å². The van der Waals surface area contributed by atoms with Crippen molar-refractivity contribution in [1.82, 2.24) is 4.72 Å². The van der Waals surface area contributed by atoms with Crippen LogP contribution < -0.4 is 14.2 Å². The summed E-state index contributed by atoms with van der Waals surface area (Å²) < 4.78 is 14.1. The van der Waals surface area contributed by atoms with Gasteiger partial charge in [0.25, 0.3) is 0 Å². The smallest absolute Gasteiger partial charge is 0.122 e. The van der Waals surface area contributed by atoms with Crippen molar-refractivity contribution in [3.8, 4) is 11.5 Å². The van der Waals surface area contributed by atoms with E-state index in [0.717, 1.165) is 23.7 Å². The van der Waals surface area contributed by atoms with Gasteiger partial charge >= 0.3 is 0 Å². The number of hydrogen-bond donors (Lipinski definition) is 1. The van der Waals surface area contributed by atoms with Crippen LogP contribution in [0.15, 0.2) is 18.2 Å². The Hall–Kier alpha value is -0.870. The molecule has 0 radical (unpaired) electrons. The third kappa shape index (κ3) is 4.78. The minimum atomic E-state index is 0.405. The monoisotopic (exact) mass is 269 g/mol. The van der Waals surface area contributed by atoms with E-state index in [9.17, 15) is 0 Å². The third-order valence-electron chi connectivity index (χ3n) is 2.60. The normalized spacial score (nSPS) is 12.2. The predicted octanol–water partition coefficient (Wildman–Crippen LogP) is 3.28. The first-order valence-electron chi connectivity index (χ1n) is 6.29. The van der Waals surface area contributed by atoms with Gasteiger partial charge in [-0.3, -0.25) is 4.72 Å². The van der Waals surface area contributed by atoms with Crippen LogP contribution in [-0.4, -0.2) is 26.0 Å². The van der Waals surface area contributed by atoms with E-state index in [2.05, 4.69) is 18.6 Å². The number of rotatable bonds is 8.